The number of rotatable bonds is 18. The number of carboxylic acid groups (broad SMARTS) is 4. The molecule has 0 fully saturated rings. The first-order valence-corrected chi connectivity index (χ1v) is 19.4. The summed E-state index contributed by atoms with van der Waals surface area (Å²) >= 11 is 0. The van der Waals surface area contributed by atoms with E-state index in [0.717, 1.165) is 0 Å². The number of hydrogen-bond donors (Lipinski definition) is 14. The number of anilines is 8. The molecule has 340 valence electrons. The molecule has 6 rings (SSSR count). The number of H-pyrrole nitrogens is 2. The first-order valence-electron chi connectivity index (χ1n) is 19.4. The Balaban J connectivity index is 0.000000280. The Bertz CT molecular complexity index is 2320. The normalized spacial score (nSPS) is 15.2. The zero-order valence-electron chi connectivity index (χ0n) is 34.3. The number of nitrogens with two attached hydrogens (primary N) is 2. The average molecular weight is 929 g/mol. The van der Waals surface area contributed by atoms with Gasteiger partial charge in [0.25, 0.3) is 22.9 Å². The molecule has 26 nitrogen and oxygen atoms in total. The van der Waals surface area contributed by atoms with Gasteiger partial charge in [-0.3, -0.25) is 29.1 Å². The van der Waals surface area contributed by atoms with Gasteiger partial charge in [-0.2, -0.15) is 9.97 Å². The molecule has 2 aliphatic rings. The topological polar surface area (TPSA) is 429 Å². The molecule has 4 aromatic rings. The van der Waals surface area contributed by atoms with Crippen molar-refractivity contribution in [1.29, 1.82) is 0 Å². The first kappa shape index (κ1) is 50.3. The van der Waals surface area contributed by atoms with Gasteiger partial charge >= 0.3 is 49.7 Å². The summed E-state index contributed by atoms with van der Waals surface area (Å²) in [5.41, 5.74) is 12.7. The third kappa shape index (κ3) is 14.9. The van der Waals surface area contributed by atoms with Crippen molar-refractivity contribution in [1.82, 2.24) is 30.6 Å². The van der Waals surface area contributed by atoms with E-state index in [1.807, 2.05) is 0 Å². The molecule has 0 saturated heterocycles. The number of benzene rings is 2. The van der Waals surface area contributed by atoms with Gasteiger partial charge in [0, 0.05) is 60.6 Å². The second-order valence-electron chi connectivity index (χ2n) is 14.3. The molecular weight excluding hydrogens is 885 g/mol. The van der Waals surface area contributed by atoms with Gasteiger partial charge < -0.3 is 84.0 Å². The smallest absolute Gasteiger partial charge is 0.550 e. The predicted molar refractivity (Wildman–Crippen MR) is 232 cm³/mol. The Morgan fingerprint density at radius 2 is 1.00 bits per heavy atom. The molecule has 0 spiro atoms. The van der Waals surface area contributed by atoms with E-state index in [-0.39, 0.29) is 96.8 Å². The number of hydrogen-bond acceptors (Lipinski definition) is 20. The molecule has 27 heteroatoms. The number of nitrogens with one attached hydrogen (secondary N) is 10. The van der Waals surface area contributed by atoms with Crippen LogP contribution in [0.4, 0.5) is 46.3 Å². The van der Waals surface area contributed by atoms with Crippen molar-refractivity contribution in [3.63, 3.8) is 0 Å². The van der Waals surface area contributed by atoms with Crippen LogP contribution in [-0.2, 0) is 19.2 Å². The van der Waals surface area contributed by atoms with E-state index in [4.69, 9.17) is 21.7 Å². The average Bonchev–Trinajstić information content (AvgIpc) is 3.25. The summed E-state index contributed by atoms with van der Waals surface area (Å²) in [7, 11) is 0. The van der Waals surface area contributed by atoms with Gasteiger partial charge in [0.15, 0.2) is 11.6 Å². The molecule has 0 unspecified atom stereocenters. The van der Waals surface area contributed by atoms with Crippen molar-refractivity contribution in [2.24, 2.45) is 0 Å². The fraction of sp³-hybridized carbons (Fsp3) is 0.316. The van der Waals surface area contributed by atoms with Crippen molar-refractivity contribution < 1.29 is 49.2 Å². The van der Waals surface area contributed by atoms with Crippen LogP contribution in [0.5, 0.6) is 0 Å². The minimum absolute atomic E-state index is 0. The van der Waals surface area contributed by atoms with Crippen LogP contribution in [0, 0.1) is 0 Å². The van der Waals surface area contributed by atoms with Crippen LogP contribution in [0.15, 0.2) is 58.1 Å². The number of nitrogens with zero attached hydrogens (tertiary/aromatic N) is 2. The van der Waals surface area contributed by atoms with E-state index in [2.05, 4.69) is 62.5 Å². The number of aliphatic carboxylic acids is 4. The Morgan fingerprint density at radius 1 is 0.646 bits per heavy atom. The molecule has 4 heterocycles. The van der Waals surface area contributed by atoms with E-state index < -0.39 is 60.6 Å². The van der Waals surface area contributed by atoms with Gasteiger partial charge in [0.1, 0.15) is 23.5 Å². The van der Waals surface area contributed by atoms with Crippen LogP contribution >= 0.6 is 0 Å². The molecule has 2 aromatic heterocycles. The van der Waals surface area contributed by atoms with Gasteiger partial charge in [-0.1, -0.05) is 0 Å². The SMILES string of the molecule is Nc1nc2c(c(=O)[nH]1)N[C@@H](CNc1ccc(C(=O)N[C@@H](CCC(=O)[O-])C(=O)O)cc1)CN2.Nc1nc2c(c(=O)[nH]1)N[C@@H](CNc1ccc(C(=O)N[C@@H](CCC(=O)[O-])C(=O)O)cc1)CN2.[Ca+2]. The summed E-state index contributed by atoms with van der Waals surface area (Å²) in [5, 5.41) is 62.5. The molecule has 0 bridgehead atoms. The maximum absolute atomic E-state index is 12.3. The van der Waals surface area contributed by atoms with Crippen molar-refractivity contribution in [2.45, 2.75) is 49.9 Å². The molecule has 16 N–H and O–H groups in total. The van der Waals surface area contributed by atoms with Crippen LogP contribution in [0.25, 0.3) is 0 Å². The molecule has 2 aromatic carbocycles. The van der Waals surface area contributed by atoms with Gasteiger partial charge in [0.2, 0.25) is 11.9 Å². The summed E-state index contributed by atoms with van der Waals surface area (Å²) in [6, 6.07) is 9.69. The number of aromatic amines is 2. The van der Waals surface area contributed by atoms with E-state index >= 15 is 0 Å². The van der Waals surface area contributed by atoms with E-state index in [1.165, 1.54) is 24.3 Å². The number of carbonyl (C=O) groups is 6. The Kier molecular flexibility index (Phi) is 18.1. The van der Waals surface area contributed by atoms with Crippen molar-refractivity contribution in [3.8, 4) is 0 Å². The van der Waals surface area contributed by atoms with Crippen LogP contribution in [0.3, 0.4) is 0 Å². The minimum Gasteiger partial charge on any atom is -0.550 e. The van der Waals surface area contributed by atoms with Crippen LogP contribution in [0.2, 0.25) is 0 Å². The molecule has 2 aliphatic heterocycles. The Morgan fingerprint density at radius 3 is 1.32 bits per heavy atom. The molecule has 2 amide bonds. The number of amides is 2. The summed E-state index contributed by atoms with van der Waals surface area (Å²) in [5.74, 6) is -5.89. The third-order valence-corrected chi connectivity index (χ3v) is 9.48. The molecule has 0 radical (unpaired) electrons. The predicted octanol–water partition coefficient (Wildman–Crippen LogP) is -3.61. The molecule has 65 heavy (non-hydrogen) atoms. The zero-order valence-corrected chi connectivity index (χ0v) is 36.5. The summed E-state index contributed by atoms with van der Waals surface area (Å²) < 4.78 is 0. The van der Waals surface area contributed by atoms with Gasteiger partial charge in [0.05, 0.1) is 12.1 Å². The van der Waals surface area contributed by atoms with Gasteiger partial charge in [-0.25, -0.2) is 9.59 Å². The number of carbonyl (C=O) groups excluding carboxylic acids is 4. The van der Waals surface area contributed by atoms with E-state index in [1.54, 1.807) is 24.3 Å². The third-order valence-electron chi connectivity index (χ3n) is 9.48. The van der Waals surface area contributed by atoms with Crippen LogP contribution in [0.1, 0.15) is 46.4 Å². The first-order chi connectivity index (χ1) is 30.4. The Hall–Kier alpha value is -7.32. The van der Waals surface area contributed by atoms with E-state index in [9.17, 15) is 48.6 Å². The quantitative estimate of drug-likeness (QED) is 0.0428. The molecule has 0 saturated carbocycles. The summed E-state index contributed by atoms with van der Waals surface area (Å²) in [6.07, 6.45) is -1.52. The Labute approximate surface area is 397 Å². The molecule has 0 aliphatic carbocycles. The fourth-order valence-electron chi connectivity index (χ4n) is 6.18. The van der Waals surface area contributed by atoms with Crippen molar-refractivity contribution >= 4 is 120 Å². The standard InChI is InChI=1S/2C19H23N7O6.Ca/c2*20-19-25-15-14(17(30)26-19)23-11(8-22-15)7-21-10-3-1-9(2-4-10)16(29)24-12(18(31)32)5-6-13(27)28;/h2*1-4,11-12,21,23H,5-8H2,(H,24,29)(H,27,28)(H,31,32)(H4,20,22,25,26,30);/q;;+2/p-2/t2*11-,12-;/m00./s1. The van der Waals surface area contributed by atoms with Crippen molar-refractivity contribution in [3.05, 3.63) is 80.4 Å². The second-order valence-corrected chi connectivity index (χ2v) is 14.3. The fourth-order valence-corrected chi connectivity index (χ4v) is 6.18. The number of nitrogen functional groups attached to an aromatic ring is 2. The van der Waals surface area contributed by atoms with Gasteiger partial charge in [-0.15, -0.1) is 0 Å². The maximum Gasteiger partial charge on any atom is 2.00 e. The molecule has 4 atom stereocenters. The summed E-state index contributed by atoms with van der Waals surface area (Å²) in [4.78, 5) is 105. The number of fused-ring (bicyclic) bond motifs is 2. The second kappa shape index (κ2) is 23.4. The minimum atomic E-state index is -1.39. The maximum atomic E-state index is 12.3. The zero-order chi connectivity index (χ0) is 46.5. The number of carboxylic acids is 4. The van der Waals surface area contributed by atoms with Crippen LogP contribution in [-0.4, -0.2) is 154 Å². The molecular formula is C38H44CaN14O12. The van der Waals surface area contributed by atoms with E-state index in [0.29, 0.717) is 60.6 Å². The number of aromatic nitrogens is 4. The largest absolute Gasteiger partial charge is 2.00 e. The van der Waals surface area contributed by atoms with Crippen LogP contribution < -0.4 is 75.3 Å². The monoisotopic (exact) mass is 928 g/mol. The summed E-state index contributed by atoms with van der Waals surface area (Å²) in [6.45, 7) is 1.90. The van der Waals surface area contributed by atoms with Gasteiger partial charge in [-0.05, 0) is 74.2 Å². The van der Waals surface area contributed by atoms with Crippen molar-refractivity contribution in [2.75, 3.05) is 69.5 Å².